The number of carboxylic acids is 1. The van der Waals surface area contributed by atoms with E-state index in [4.69, 9.17) is 5.11 Å². The largest absolute Gasteiger partial charge is 0.481 e. The van der Waals surface area contributed by atoms with Crippen molar-refractivity contribution in [3.8, 4) is 0 Å². The molecule has 0 aromatic heterocycles. The van der Waals surface area contributed by atoms with Crippen molar-refractivity contribution in [3.05, 3.63) is 4.91 Å². The molecule has 1 aliphatic rings. The number of carboxylic acid groups (broad SMARTS) is 1. The van der Waals surface area contributed by atoms with Crippen LogP contribution < -0.4 is 0 Å². The minimum atomic E-state index is -4.49. The van der Waals surface area contributed by atoms with Gasteiger partial charge in [0.15, 0.2) is 0 Å². The maximum absolute atomic E-state index is 12.3. The van der Waals surface area contributed by atoms with Gasteiger partial charge in [-0.2, -0.15) is 13.2 Å². The van der Waals surface area contributed by atoms with E-state index in [1.54, 1.807) is 0 Å². The zero-order chi connectivity index (χ0) is 11.6. The van der Waals surface area contributed by atoms with Gasteiger partial charge in [0.1, 0.15) is 0 Å². The molecule has 1 heterocycles. The summed E-state index contributed by atoms with van der Waals surface area (Å²) in [6.07, 6.45) is -4.98. The van der Waals surface area contributed by atoms with Crippen LogP contribution in [0.1, 0.15) is 6.42 Å². The maximum Gasteiger partial charge on any atom is 0.393 e. The van der Waals surface area contributed by atoms with Gasteiger partial charge in [0.05, 0.1) is 30.2 Å². The third kappa shape index (κ3) is 2.80. The van der Waals surface area contributed by atoms with E-state index in [0.717, 1.165) is 0 Å². The lowest BCUT2D eigenvalue weighted by molar-refractivity contribution is -0.194. The van der Waals surface area contributed by atoms with Gasteiger partial charge < -0.3 is 5.11 Å². The Labute approximate surface area is 82.8 Å². The number of nitrogens with zero attached hydrogens (tertiary/aromatic N) is 2. The second-order valence-electron chi connectivity index (χ2n) is 3.46. The molecule has 8 heteroatoms. The van der Waals surface area contributed by atoms with Gasteiger partial charge in [-0.3, -0.25) is 9.80 Å². The van der Waals surface area contributed by atoms with E-state index in [1.807, 2.05) is 0 Å². The minimum absolute atomic E-state index is 0.259. The molecule has 0 aliphatic carbocycles. The van der Waals surface area contributed by atoms with E-state index >= 15 is 0 Å². The van der Waals surface area contributed by atoms with Crippen LogP contribution in [0, 0.1) is 16.7 Å². The van der Waals surface area contributed by atoms with E-state index < -0.39 is 36.9 Å². The molecule has 1 N–H and O–H groups in total. The van der Waals surface area contributed by atoms with Gasteiger partial charge in [0.2, 0.25) is 0 Å². The van der Waals surface area contributed by atoms with Crippen LogP contribution in [0.3, 0.4) is 0 Å². The van der Waals surface area contributed by atoms with Crippen LogP contribution in [0.4, 0.5) is 13.2 Å². The number of hydrogen-bond donors (Lipinski definition) is 1. The van der Waals surface area contributed by atoms with Gasteiger partial charge in [-0.15, -0.1) is 4.91 Å². The van der Waals surface area contributed by atoms with Crippen LogP contribution in [0.25, 0.3) is 0 Å². The number of rotatable bonds is 2. The first-order valence-corrected chi connectivity index (χ1v) is 4.22. The fourth-order valence-electron chi connectivity index (χ4n) is 1.56. The fraction of sp³-hybridized carbons (Fsp3) is 0.857. The van der Waals surface area contributed by atoms with Gasteiger partial charge in [0, 0.05) is 0 Å². The first-order chi connectivity index (χ1) is 6.84. The summed E-state index contributed by atoms with van der Waals surface area (Å²) >= 11 is 0. The van der Waals surface area contributed by atoms with E-state index in [1.165, 1.54) is 0 Å². The number of aliphatic carboxylic acids is 1. The van der Waals surface area contributed by atoms with Gasteiger partial charge in [-0.1, -0.05) is 0 Å². The quantitative estimate of drug-likeness (QED) is 0.719. The molecule has 1 rings (SSSR count). The third-order valence-electron chi connectivity index (χ3n) is 2.36. The summed E-state index contributed by atoms with van der Waals surface area (Å²) in [4.78, 5) is 20.7. The molecule has 15 heavy (non-hydrogen) atoms. The predicted octanol–water partition coefficient (Wildman–Crippen LogP) is 1.25. The van der Waals surface area contributed by atoms with Crippen LogP contribution in [0.5, 0.6) is 0 Å². The summed E-state index contributed by atoms with van der Waals surface area (Å²) in [5.41, 5.74) is 0. The summed E-state index contributed by atoms with van der Waals surface area (Å²) < 4.78 is 37.0. The van der Waals surface area contributed by atoms with Crippen LogP contribution in [-0.2, 0) is 4.79 Å². The zero-order valence-electron chi connectivity index (χ0n) is 7.57. The molecule has 0 radical (unpaired) electrons. The number of piperidine rings is 1. The smallest absolute Gasteiger partial charge is 0.393 e. The van der Waals surface area contributed by atoms with Gasteiger partial charge in [-0.25, -0.2) is 0 Å². The molecule has 0 aromatic carbocycles. The Kier molecular flexibility index (Phi) is 3.15. The molecular formula is C7H9F3N2O3. The van der Waals surface area contributed by atoms with Crippen LogP contribution in [0.15, 0.2) is 5.29 Å². The monoisotopic (exact) mass is 226 g/mol. The SMILES string of the molecule is O=NN1CC(C(=O)O)CC(C(F)(F)F)C1. The van der Waals surface area contributed by atoms with Crippen molar-refractivity contribution in [1.82, 2.24) is 5.01 Å². The first kappa shape index (κ1) is 11.7. The van der Waals surface area contributed by atoms with Crippen LogP contribution in [-0.4, -0.2) is 35.4 Å². The molecule has 1 fully saturated rings. The number of halogens is 3. The van der Waals surface area contributed by atoms with Gasteiger partial charge in [-0.05, 0) is 6.42 Å². The highest BCUT2D eigenvalue weighted by atomic mass is 19.4. The Morgan fingerprint density at radius 2 is 2.00 bits per heavy atom. The fourth-order valence-corrected chi connectivity index (χ4v) is 1.56. The number of carbonyl (C=O) groups is 1. The van der Waals surface area contributed by atoms with E-state index in [-0.39, 0.29) is 6.54 Å². The highest BCUT2D eigenvalue weighted by molar-refractivity contribution is 5.70. The standard InChI is InChI=1S/C7H9F3N2O3/c8-7(9,10)5-1-4(6(13)14)2-12(3-5)11-15/h4-5H,1-3H2,(H,13,14). The second kappa shape index (κ2) is 4.03. The molecule has 0 saturated carbocycles. The lowest BCUT2D eigenvalue weighted by Gasteiger charge is -2.33. The molecule has 0 aromatic rings. The van der Waals surface area contributed by atoms with Crippen molar-refractivity contribution < 1.29 is 23.1 Å². The van der Waals surface area contributed by atoms with Crippen molar-refractivity contribution in [2.24, 2.45) is 17.1 Å². The van der Waals surface area contributed by atoms with Crippen molar-refractivity contribution in [2.45, 2.75) is 12.6 Å². The molecule has 0 amide bonds. The number of alkyl halides is 3. The molecule has 2 atom stereocenters. The summed E-state index contributed by atoms with van der Waals surface area (Å²) in [6, 6.07) is 0. The van der Waals surface area contributed by atoms with E-state index in [9.17, 15) is 22.9 Å². The van der Waals surface area contributed by atoms with Crippen molar-refractivity contribution in [3.63, 3.8) is 0 Å². The average molecular weight is 226 g/mol. The second-order valence-corrected chi connectivity index (χ2v) is 3.46. The molecule has 2 unspecified atom stereocenters. The highest BCUT2D eigenvalue weighted by Gasteiger charge is 2.46. The summed E-state index contributed by atoms with van der Waals surface area (Å²) in [5, 5.41) is 11.6. The number of nitroso groups, excluding NO2 is 1. The molecule has 86 valence electrons. The molecule has 5 nitrogen and oxygen atoms in total. The summed E-state index contributed by atoms with van der Waals surface area (Å²) in [5.74, 6) is -4.33. The van der Waals surface area contributed by atoms with E-state index in [2.05, 4.69) is 5.29 Å². The van der Waals surface area contributed by atoms with Gasteiger partial charge >= 0.3 is 12.1 Å². The molecule has 0 bridgehead atoms. The Morgan fingerprint density at radius 1 is 1.40 bits per heavy atom. The third-order valence-corrected chi connectivity index (χ3v) is 2.36. The maximum atomic E-state index is 12.3. The van der Waals surface area contributed by atoms with Crippen molar-refractivity contribution >= 4 is 5.97 Å². The average Bonchev–Trinajstić information content (AvgIpc) is 2.15. The number of hydrogen-bond acceptors (Lipinski definition) is 3. The molecular weight excluding hydrogens is 217 g/mol. The Bertz CT molecular complexity index is 269. The Balaban J connectivity index is 2.76. The lowest BCUT2D eigenvalue weighted by atomic mass is 9.90. The zero-order valence-corrected chi connectivity index (χ0v) is 7.57. The van der Waals surface area contributed by atoms with Gasteiger partial charge in [0.25, 0.3) is 0 Å². The van der Waals surface area contributed by atoms with E-state index in [0.29, 0.717) is 5.01 Å². The van der Waals surface area contributed by atoms with Crippen LogP contribution in [0.2, 0.25) is 0 Å². The minimum Gasteiger partial charge on any atom is -0.481 e. The van der Waals surface area contributed by atoms with Crippen molar-refractivity contribution in [1.29, 1.82) is 0 Å². The summed E-state index contributed by atoms with van der Waals surface area (Å²) in [6.45, 7) is -0.817. The molecule has 0 spiro atoms. The first-order valence-electron chi connectivity index (χ1n) is 4.22. The van der Waals surface area contributed by atoms with Crippen LogP contribution >= 0.6 is 0 Å². The predicted molar refractivity (Wildman–Crippen MR) is 42.7 cm³/mol. The van der Waals surface area contributed by atoms with Crippen molar-refractivity contribution in [2.75, 3.05) is 13.1 Å². The Hall–Kier alpha value is -1.34. The summed E-state index contributed by atoms with van der Waals surface area (Å²) in [7, 11) is 0. The lowest BCUT2D eigenvalue weighted by Crippen LogP contribution is -2.45. The molecule has 1 saturated heterocycles. The normalized spacial score (nSPS) is 27.5. The Morgan fingerprint density at radius 3 is 2.40 bits per heavy atom. The molecule has 1 aliphatic heterocycles. The topological polar surface area (TPSA) is 70.0 Å². The highest BCUT2D eigenvalue weighted by Crippen LogP contribution is 2.35.